The zero-order chi connectivity index (χ0) is 8.69. The molecule has 0 saturated heterocycles. The second-order valence-electron chi connectivity index (χ2n) is 2.57. The lowest BCUT2D eigenvalue weighted by Gasteiger charge is -2.01. The van der Waals surface area contributed by atoms with Gasteiger partial charge in [0.25, 0.3) is 0 Å². The molecule has 0 bridgehead atoms. The van der Waals surface area contributed by atoms with Crippen LogP contribution < -0.4 is 0 Å². The highest BCUT2D eigenvalue weighted by Crippen LogP contribution is 2.11. The summed E-state index contributed by atoms with van der Waals surface area (Å²) in [4.78, 5) is 8.00. The Hall–Kier alpha value is -1.11. The molecule has 0 unspecified atom stereocenters. The van der Waals surface area contributed by atoms with Gasteiger partial charge >= 0.3 is 0 Å². The number of benzene rings is 1. The summed E-state index contributed by atoms with van der Waals surface area (Å²) >= 11 is 0. The van der Waals surface area contributed by atoms with E-state index in [1.165, 1.54) is 5.56 Å². The molecule has 0 N–H and O–H groups in total. The van der Waals surface area contributed by atoms with Gasteiger partial charge in [0.15, 0.2) is 0 Å². The van der Waals surface area contributed by atoms with Crippen molar-refractivity contribution in [3.8, 4) is 0 Å². The monoisotopic (exact) mass is 150 g/mol. The van der Waals surface area contributed by atoms with E-state index in [0.717, 1.165) is 0 Å². The number of carbonyl (C=O) groups excluding carboxylic acids is 1. The summed E-state index contributed by atoms with van der Waals surface area (Å²) in [5, 5.41) is 0. The molecule has 0 atom stereocenters. The first-order valence-corrected chi connectivity index (χ1v) is 3.64. The normalized spacial score (nSPS) is 8.64. The second kappa shape index (κ2) is 5.66. The van der Waals surface area contributed by atoms with Crippen molar-refractivity contribution in [1.82, 2.24) is 0 Å². The fraction of sp³-hybridized carbons (Fsp3) is 0.300. The molecule has 0 heterocycles. The molecule has 0 fully saturated rings. The molecular formula is C10H14O. The molecule has 60 valence electrons. The molecule has 0 aliphatic rings. The Bertz CT molecular complexity index is 179. The van der Waals surface area contributed by atoms with Crippen LogP contribution in [0.3, 0.4) is 0 Å². The summed E-state index contributed by atoms with van der Waals surface area (Å²) in [6, 6.07) is 10.5. The number of hydrogen-bond donors (Lipinski definition) is 0. The molecular weight excluding hydrogens is 136 g/mol. The van der Waals surface area contributed by atoms with Crippen molar-refractivity contribution < 1.29 is 4.79 Å². The minimum Gasteiger partial charge on any atom is -0.307 e. The lowest BCUT2D eigenvalue weighted by Crippen LogP contribution is -1.83. The maximum Gasteiger partial charge on any atom is 0.106 e. The summed E-state index contributed by atoms with van der Waals surface area (Å²) in [5.41, 5.74) is 1.41. The van der Waals surface area contributed by atoms with E-state index < -0.39 is 0 Å². The minimum atomic E-state index is 0.659. The standard InChI is InChI=1S/C9H12.CH2O/c1-8(2)9-6-4-3-5-7-9;1-2/h3-8H,1-2H3;1H2. The van der Waals surface area contributed by atoms with E-state index in [1.54, 1.807) is 0 Å². The van der Waals surface area contributed by atoms with Gasteiger partial charge in [-0.05, 0) is 11.5 Å². The van der Waals surface area contributed by atoms with Gasteiger partial charge in [-0.3, -0.25) is 0 Å². The van der Waals surface area contributed by atoms with Gasteiger partial charge in [-0.1, -0.05) is 44.2 Å². The first-order chi connectivity index (χ1) is 5.30. The van der Waals surface area contributed by atoms with Crippen molar-refractivity contribution in [2.24, 2.45) is 0 Å². The predicted octanol–water partition coefficient (Wildman–Crippen LogP) is 2.63. The van der Waals surface area contributed by atoms with Crippen molar-refractivity contribution in [2.45, 2.75) is 19.8 Å². The third-order valence-corrected chi connectivity index (χ3v) is 1.47. The topological polar surface area (TPSA) is 17.1 Å². The van der Waals surface area contributed by atoms with Crippen molar-refractivity contribution in [2.75, 3.05) is 0 Å². The molecule has 1 rings (SSSR count). The van der Waals surface area contributed by atoms with Gasteiger partial charge in [-0.25, -0.2) is 0 Å². The average molecular weight is 150 g/mol. The largest absolute Gasteiger partial charge is 0.307 e. The van der Waals surface area contributed by atoms with E-state index in [-0.39, 0.29) is 0 Å². The Labute approximate surface area is 68.1 Å². The lowest BCUT2D eigenvalue weighted by molar-refractivity contribution is -0.0979. The summed E-state index contributed by atoms with van der Waals surface area (Å²) in [6.07, 6.45) is 0. The Morgan fingerprint density at radius 2 is 1.55 bits per heavy atom. The van der Waals surface area contributed by atoms with Crippen LogP contribution in [0.5, 0.6) is 0 Å². The molecule has 1 heteroatoms. The quantitative estimate of drug-likeness (QED) is 0.601. The number of carbonyl (C=O) groups is 1. The highest BCUT2D eigenvalue weighted by atomic mass is 16.1. The van der Waals surface area contributed by atoms with Crippen molar-refractivity contribution in [1.29, 1.82) is 0 Å². The second-order valence-corrected chi connectivity index (χ2v) is 2.57. The maximum atomic E-state index is 8.00. The van der Waals surface area contributed by atoms with E-state index in [0.29, 0.717) is 5.92 Å². The lowest BCUT2D eigenvalue weighted by atomic mass is 10.0. The van der Waals surface area contributed by atoms with E-state index in [4.69, 9.17) is 4.79 Å². The molecule has 1 aromatic carbocycles. The van der Waals surface area contributed by atoms with Gasteiger partial charge in [-0.15, -0.1) is 0 Å². The Morgan fingerprint density at radius 1 is 1.09 bits per heavy atom. The maximum absolute atomic E-state index is 8.00. The molecule has 1 aromatic rings. The van der Waals surface area contributed by atoms with Crippen LogP contribution in [-0.4, -0.2) is 6.79 Å². The molecule has 0 spiro atoms. The van der Waals surface area contributed by atoms with Crippen molar-refractivity contribution in [3.63, 3.8) is 0 Å². The summed E-state index contributed by atoms with van der Waals surface area (Å²) in [6.45, 7) is 6.41. The first kappa shape index (κ1) is 9.89. The summed E-state index contributed by atoms with van der Waals surface area (Å²) < 4.78 is 0. The molecule has 0 radical (unpaired) electrons. The van der Waals surface area contributed by atoms with Crippen LogP contribution in [0.15, 0.2) is 30.3 Å². The molecule has 0 amide bonds. The number of rotatable bonds is 1. The first-order valence-electron chi connectivity index (χ1n) is 3.64. The fourth-order valence-corrected chi connectivity index (χ4v) is 0.838. The minimum absolute atomic E-state index is 0.659. The van der Waals surface area contributed by atoms with Crippen LogP contribution in [0.2, 0.25) is 0 Å². The predicted molar refractivity (Wildman–Crippen MR) is 47.7 cm³/mol. The Kier molecular flexibility index (Phi) is 5.09. The van der Waals surface area contributed by atoms with E-state index in [9.17, 15) is 0 Å². The Morgan fingerprint density at radius 3 is 1.82 bits per heavy atom. The highest BCUT2D eigenvalue weighted by molar-refractivity contribution is 5.17. The molecule has 0 saturated carbocycles. The zero-order valence-corrected chi connectivity index (χ0v) is 7.08. The van der Waals surface area contributed by atoms with Gasteiger partial charge in [0.2, 0.25) is 0 Å². The SMILES string of the molecule is C=O.CC(C)c1ccccc1. The zero-order valence-electron chi connectivity index (χ0n) is 7.08. The van der Waals surface area contributed by atoms with Gasteiger partial charge in [0.1, 0.15) is 6.79 Å². The van der Waals surface area contributed by atoms with Crippen molar-refractivity contribution in [3.05, 3.63) is 35.9 Å². The van der Waals surface area contributed by atoms with Gasteiger partial charge in [0.05, 0.1) is 0 Å². The molecule has 0 aromatic heterocycles. The van der Waals surface area contributed by atoms with Crippen LogP contribution in [-0.2, 0) is 4.79 Å². The average Bonchev–Trinajstić information content (AvgIpc) is 2.10. The molecule has 11 heavy (non-hydrogen) atoms. The fourth-order valence-electron chi connectivity index (χ4n) is 0.838. The Balaban J connectivity index is 0.000000461. The third-order valence-electron chi connectivity index (χ3n) is 1.47. The van der Waals surface area contributed by atoms with E-state index in [1.807, 2.05) is 12.9 Å². The van der Waals surface area contributed by atoms with Gasteiger partial charge in [-0.2, -0.15) is 0 Å². The molecule has 1 nitrogen and oxygen atoms in total. The van der Waals surface area contributed by atoms with Crippen LogP contribution in [0.25, 0.3) is 0 Å². The highest BCUT2D eigenvalue weighted by Gasteiger charge is 1.93. The van der Waals surface area contributed by atoms with Crippen LogP contribution in [0.1, 0.15) is 25.3 Å². The molecule has 0 aliphatic carbocycles. The smallest absolute Gasteiger partial charge is 0.106 e. The van der Waals surface area contributed by atoms with E-state index >= 15 is 0 Å². The van der Waals surface area contributed by atoms with Gasteiger partial charge in [0, 0.05) is 0 Å². The van der Waals surface area contributed by atoms with Gasteiger partial charge < -0.3 is 4.79 Å². The number of hydrogen-bond acceptors (Lipinski definition) is 1. The van der Waals surface area contributed by atoms with Crippen LogP contribution in [0, 0.1) is 0 Å². The third kappa shape index (κ3) is 3.56. The molecule has 0 aliphatic heterocycles. The van der Waals surface area contributed by atoms with Crippen LogP contribution >= 0.6 is 0 Å². The summed E-state index contributed by atoms with van der Waals surface area (Å²) in [5.74, 6) is 0.659. The van der Waals surface area contributed by atoms with E-state index in [2.05, 4.69) is 38.1 Å². The van der Waals surface area contributed by atoms with Crippen molar-refractivity contribution >= 4 is 6.79 Å². The van der Waals surface area contributed by atoms with Crippen LogP contribution in [0.4, 0.5) is 0 Å². The summed E-state index contributed by atoms with van der Waals surface area (Å²) in [7, 11) is 0.